The number of thioether (sulfide) groups is 1. The second kappa shape index (κ2) is 7.19. The molecule has 27 heavy (non-hydrogen) atoms. The van der Waals surface area contributed by atoms with Crippen LogP contribution in [0.5, 0.6) is 0 Å². The maximum absolute atomic E-state index is 12.7. The van der Waals surface area contributed by atoms with Crippen LogP contribution in [0.25, 0.3) is 11.0 Å². The number of hydrogen-bond acceptors (Lipinski definition) is 6. The number of amides is 3. The molecule has 1 aromatic carbocycles. The van der Waals surface area contributed by atoms with E-state index in [1.165, 1.54) is 11.0 Å². The monoisotopic (exact) mass is 386 g/mol. The standard InChI is InChI=1S/C19H18N2O5S/c22-16-10-27-19(25)21(16)14-7-3-2-6-13(14)20-17(23)12-9-11-5-1-4-8-15(11)26-18(12)24/h1,4-5,8-9,13-14H,2-3,6-7,10H2,(H,20,23)/t13-,14+/m0/s1. The summed E-state index contributed by atoms with van der Waals surface area (Å²) in [6, 6.07) is 7.74. The van der Waals surface area contributed by atoms with Crippen molar-refractivity contribution in [2.24, 2.45) is 0 Å². The Bertz CT molecular complexity index is 969. The zero-order chi connectivity index (χ0) is 19.0. The van der Waals surface area contributed by atoms with Crippen molar-refractivity contribution in [2.45, 2.75) is 37.8 Å². The van der Waals surface area contributed by atoms with E-state index in [1.54, 1.807) is 24.3 Å². The Morgan fingerprint density at radius 2 is 1.93 bits per heavy atom. The van der Waals surface area contributed by atoms with Crippen LogP contribution in [0.2, 0.25) is 0 Å². The van der Waals surface area contributed by atoms with Crippen molar-refractivity contribution in [2.75, 3.05) is 5.75 Å². The van der Waals surface area contributed by atoms with Crippen molar-refractivity contribution in [3.8, 4) is 0 Å². The lowest BCUT2D eigenvalue weighted by Gasteiger charge is -2.36. The van der Waals surface area contributed by atoms with E-state index in [4.69, 9.17) is 4.42 Å². The van der Waals surface area contributed by atoms with Gasteiger partial charge in [-0.25, -0.2) is 4.79 Å². The predicted octanol–water partition coefficient (Wildman–Crippen LogP) is 2.53. The highest BCUT2D eigenvalue weighted by Crippen LogP contribution is 2.30. The third-order valence-corrected chi connectivity index (χ3v) is 5.88. The summed E-state index contributed by atoms with van der Waals surface area (Å²) < 4.78 is 5.23. The number of nitrogens with zero attached hydrogens (tertiary/aromatic N) is 1. The Hall–Kier alpha value is -2.61. The molecule has 1 N–H and O–H groups in total. The number of carbonyl (C=O) groups is 3. The molecule has 2 aliphatic rings. The Kier molecular flexibility index (Phi) is 4.73. The normalized spacial score (nSPS) is 23.0. The van der Waals surface area contributed by atoms with Crippen LogP contribution in [0.4, 0.5) is 4.79 Å². The Balaban J connectivity index is 1.59. The van der Waals surface area contributed by atoms with Gasteiger partial charge in [-0.15, -0.1) is 0 Å². The zero-order valence-corrected chi connectivity index (χ0v) is 15.3. The van der Waals surface area contributed by atoms with Gasteiger partial charge in [-0.1, -0.05) is 42.8 Å². The first-order chi connectivity index (χ1) is 13.0. The third-order valence-electron chi connectivity index (χ3n) is 5.05. The van der Waals surface area contributed by atoms with Crippen LogP contribution in [0.15, 0.2) is 39.5 Å². The lowest BCUT2D eigenvalue weighted by atomic mass is 9.89. The van der Waals surface area contributed by atoms with E-state index in [-0.39, 0.29) is 34.5 Å². The van der Waals surface area contributed by atoms with E-state index >= 15 is 0 Å². The van der Waals surface area contributed by atoms with Crippen molar-refractivity contribution < 1.29 is 18.8 Å². The van der Waals surface area contributed by atoms with Crippen LogP contribution in [0.1, 0.15) is 36.0 Å². The van der Waals surface area contributed by atoms with E-state index in [2.05, 4.69) is 5.32 Å². The molecule has 0 radical (unpaired) electrons. The molecule has 1 aliphatic carbocycles. The molecule has 7 nitrogen and oxygen atoms in total. The highest BCUT2D eigenvalue weighted by atomic mass is 32.2. The SMILES string of the molecule is O=C(N[C@H]1CCCC[C@H]1N1C(=O)CSC1=O)c1cc2ccccc2oc1=O. The van der Waals surface area contributed by atoms with Gasteiger partial charge in [0.2, 0.25) is 5.91 Å². The summed E-state index contributed by atoms with van der Waals surface area (Å²) in [7, 11) is 0. The highest BCUT2D eigenvalue weighted by molar-refractivity contribution is 8.14. The highest BCUT2D eigenvalue weighted by Gasteiger charge is 2.41. The largest absolute Gasteiger partial charge is 0.422 e. The van der Waals surface area contributed by atoms with E-state index in [0.29, 0.717) is 23.8 Å². The summed E-state index contributed by atoms with van der Waals surface area (Å²) in [5.74, 6) is -0.621. The lowest BCUT2D eigenvalue weighted by molar-refractivity contribution is -0.127. The summed E-state index contributed by atoms with van der Waals surface area (Å²) in [6.45, 7) is 0. The first kappa shape index (κ1) is 17.8. The van der Waals surface area contributed by atoms with Crippen LogP contribution in [-0.4, -0.2) is 39.8 Å². The minimum Gasteiger partial charge on any atom is -0.422 e. The van der Waals surface area contributed by atoms with Gasteiger partial charge in [-0.05, 0) is 25.0 Å². The fourth-order valence-electron chi connectivity index (χ4n) is 3.74. The van der Waals surface area contributed by atoms with Gasteiger partial charge < -0.3 is 9.73 Å². The molecule has 2 heterocycles. The van der Waals surface area contributed by atoms with Gasteiger partial charge in [0.15, 0.2) is 0 Å². The van der Waals surface area contributed by atoms with Crippen molar-refractivity contribution in [1.82, 2.24) is 10.2 Å². The van der Waals surface area contributed by atoms with Crippen LogP contribution >= 0.6 is 11.8 Å². The average Bonchev–Trinajstić information content (AvgIpc) is 3.00. The summed E-state index contributed by atoms with van der Waals surface area (Å²) in [5, 5.41) is 3.24. The molecule has 1 saturated carbocycles. The number of nitrogens with one attached hydrogen (secondary N) is 1. The van der Waals surface area contributed by atoms with Crippen molar-refractivity contribution in [1.29, 1.82) is 0 Å². The molecule has 1 aliphatic heterocycles. The van der Waals surface area contributed by atoms with Crippen molar-refractivity contribution >= 4 is 39.8 Å². The molecule has 3 amide bonds. The number of imide groups is 1. The van der Waals surface area contributed by atoms with Gasteiger partial charge in [0.25, 0.3) is 11.1 Å². The quantitative estimate of drug-likeness (QED) is 0.815. The Labute approximate surface area is 159 Å². The zero-order valence-electron chi connectivity index (χ0n) is 14.5. The molecule has 0 unspecified atom stereocenters. The molecule has 8 heteroatoms. The molecule has 140 valence electrons. The minimum atomic E-state index is -0.706. The summed E-state index contributed by atoms with van der Waals surface area (Å²) in [6.07, 6.45) is 3.07. The molecule has 1 aromatic heterocycles. The fourth-order valence-corrected chi connectivity index (χ4v) is 4.50. The summed E-state index contributed by atoms with van der Waals surface area (Å²) in [4.78, 5) is 50.4. The topological polar surface area (TPSA) is 96.7 Å². The van der Waals surface area contributed by atoms with Gasteiger partial charge in [-0.2, -0.15) is 0 Å². The molecular weight excluding hydrogens is 368 g/mol. The third kappa shape index (κ3) is 3.37. The van der Waals surface area contributed by atoms with Crippen LogP contribution in [0.3, 0.4) is 0 Å². The first-order valence-electron chi connectivity index (χ1n) is 8.87. The average molecular weight is 386 g/mol. The van der Waals surface area contributed by atoms with Crippen LogP contribution < -0.4 is 10.9 Å². The Morgan fingerprint density at radius 1 is 1.15 bits per heavy atom. The maximum atomic E-state index is 12.7. The second-order valence-electron chi connectivity index (χ2n) is 6.74. The molecule has 2 atom stereocenters. The fraction of sp³-hybridized carbons (Fsp3) is 0.368. The van der Waals surface area contributed by atoms with E-state index in [0.717, 1.165) is 24.6 Å². The lowest BCUT2D eigenvalue weighted by Crippen LogP contribution is -2.55. The van der Waals surface area contributed by atoms with Crippen molar-refractivity contribution in [3.05, 3.63) is 46.3 Å². The smallest absolute Gasteiger partial charge is 0.349 e. The molecule has 0 bridgehead atoms. The number of carbonyl (C=O) groups excluding carboxylic acids is 3. The molecule has 4 rings (SSSR count). The second-order valence-corrected chi connectivity index (χ2v) is 7.66. The Morgan fingerprint density at radius 3 is 2.70 bits per heavy atom. The minimum absolute atomic E-state index is 0.0773. The van der Waals surface area contributed by atoms with Crippen LogP contribution in [-0.2, 0) is 4.79 Å². The summed E-state index contributed by atoms with van der Waals surface area (Å²) >= 11 is 0.988. The number of fused-ring (bicyclic) bond motifs is 1. The number of hydrogen-bond donors (Lipinski definition) is 1. The molecular formula is C19H18N2O5S. The van der Waals surface area contributed by atoms with E-state index in [9.17, 15) is 19.2 Å². The van der Waals surface area contributed by atoms with Gasteiger partial charge in [-0.3, -0.25) is 19.3 Å². The number of benzene rings is 1. The predicted molar refractivity (Wildman–Crippen MR) is 101 cm³/mol. The van der Waals surface area contributed by atoms with E-state index < -0.39 is 11.5 Å². The maximum Gasteiger partial charge on any atom is 0.349 e. The summed E-state index contributed by atoms with van der Waals surface area (Å²) in [5.41, 5.74) is -0.367. The number of para-hydroxylation sites is 1. The molecule has 2 fully saturated rings. The van der Waals surface area contributed by atoms with Crippen molar-refractivity contribution in [3.63, 3.8) is 0 Å². The van der Waals surface area contributed by atoms with Gasteiger partial charge in [0.1, 0.15) is 11.1 Å². The number of rotatable bonds is 3. The molecule has 2 aromatic rings. The molecule has 0 spiro atoms. The van der Waals surface area contributed by atoms with Gasteiger partial charge in [0.05, 0.1) is 17.8 Å². The van der Waals surface area contributed by atoms with Gasteiger partial charge in [0, 0.05) is 5.39 Å². The molecule has 1 saturated heterocycles. The van der Waals surface area contributed by atoms with Crippen LogP contribution in [0, 0.1) is 0 Å². The first-order valence-corrected chi connectivity index (χ1v) is 9.86. The van der Waals surface area contributed by atoms with E-state index in [1.807, 2.05) is 0 Å². The van der Waals surface area contributed by atoms with Gasteiger partial charge >= 0.3 is 5.63 Å².